The molecule has 0 fully saturated rings. The number of carboxylic acids is 1. The summed E-state index contributed by atoms with van der Waals surface area (Å²) in [5, 5.41) is 22.7. The van der Waals surface area contributed by atoms with Crippen LogP contribution in [0.3, 0.4) is 0 Å². The molecule has 0 aliphatic heterocycles. The smallest absolute Gasteiger partial charge is 0.328 e. The maximum atomic E-state index is 12.3. The van der Waals surface area contributed by atoms with Gasteiger partial charge >= 0.3 is 5.97 Å². The lowest BCUT2D eigenvalue weighted by atomic mass is 10.1. The lowest BCUT2D eigenvalue weighted by Crippen LogP contribution is -2.48. The van der Waals surface area contributed by atoms with Gasteiger partial charge in [0.05, 0.1) is 32.4 Å². The van der Waals surface area contributed by atoms with Crippen LogP contribution in [0.15, 0.2) is 29.8 Å². The number of amides is 1. The molecule has 0 spiro atoms. The largest absolute Gasteiger partial charge is 0.497 e. The number of carbonyl (C=O) groups is 2. The SMILES string of the molecule is COc1ccc(OC)c(-c2cn3c(CC(=O)NC(C(=O)O)C(C)O)csc3n2)c1. The summed E-state index contributed by atoms with van der Waals surface area (Å²) in [6.07, 6.45) is 0.524. The fourth-order valence-electron chi connectivity index (χ4n) is 2.88. The minimum atomic E-state index is -1.36. The van der Waals surface area contributed by atoms with Crippen LogP contribution >= 0.6 is 11.3 Å². The van der Waals surface area contributed by atoms with Gasteiger partial charge in [0.2, 0.25) is 5.91 Å². The number of carbonyl (C=O) groups excluding carboxylic acids is 1. The summed E-state index contributed by atoms with van der Waals surface area (Å²) >= 11 is 1.36. The van der Waals surface area contributed by atoms with Crippen LogP contribution in [0.2, 0.25) is 0 Å². The van der Waals surface area contributed by atoms with E-state index in [-0.39, 0.29) is 6.42 Å². The second-order valence-electron chi connectivity index (χ2n) is 6.37. The normalized spacial score (nSPS) is 13.1. The van der Waals surface area contributed by atoms with E-state index < -0.39 is 24.0 Å². The van der Waals surface area contributed by atoms with Gasteiger partial charge in [-0.1, -0.05) is 0 Å². The van der Waals surface area contributed by atoms with Crippen LogP contribution in [0.25, 0.3) is 16.2 Å². The van der Waals surface area contributed by atoms with Gasteiger partial charge in [-0.25, -0.2) is 9.78 Å². The van der Waals surface area contributed by atoms with E-state index in [1.54, 1.807) is 42.3 Å². The number of aliphatic carboxylic acids is 1. The molecule has 10 heteroatoms. The van der Waals surface area contributed by atoms with Gasteiger partial charge in [-0.05, 0) is 25.1 Å². The molecule has 2 heterocycles. The Hall–Kier alpha value is -3.11. The van der Waals surface area contributed by atoms with Crippen LogP contribution in [0.5, 0.6) is 11.5 Å². The Morgan fingerprint density at radius 2 is 2.07 bits per heavy atom. The molecule has 2 aromatic heterocycles. The number of ether oxygens (including phenoxy) is 2. The van der Waals surface area contributed by atoms with E-state index in [4.69, 9.17) is 14.6 Å². The van der Waals surface area contributed by atoms with E-state index in [0.29, 0.717) is 27.8 Å². The van der Waals surface area contributed by atoms with Crippen molar-refractivity contribution < 1.29 is 29.3 Å². The Balaban J connectivity index is 1.87. The Labute approximate surface area is 170 Å². The second kappa shape index (κ2) is 8.50. The number of benzene rings is 1. The summed E-state index contributed by atoms with van der Waals surface area (Å²) in [7, 11) is 3.15. The Morgan fingerprint density at radius 3 is 2.69 bits per heavy atom. The predicted octanol–water partition coefficient (Wildman–Crippen LogP) is 1.57. The lowest BCUT2D eigenvalue weighted by Gasteiger charge is -2.16. The van der Waals surface area contributed by atoms with E-state index in [1.165, 1.54) is 18.3 Å². The van der Waals surface area contributed by atoms with Crippen LogP contribution in [0, 0.1) is 0 Å². The van der Waals surface area contributed by atoms with Gasteiger partial charge < -0.3 is 25.0 Å². The van der Waals surface area contributed by atoms with Crippen LogP contribution < -0.4 is 14.8 Å². The number of carboxylic acid groups (broad SMARTS) is 1. The first-order valence-electron chi connectivity index (χ1n) is 8.72. The summed E-state index contributed by atoms with van der Waals surface area (Å²) in [5.74, 6) is -0.502. The lowest BCUT2D eigenvalue weighted by molar-refractivity contribution is -0.144. The zero-order valence-electron chi connectivity index (χ0n) is 16.1. The predicted molar refractivity (Wildman–Crippen MR) is 107 cm³/mol. The van der Waals surface area contributed by atoms with Gasteiger partial charge in [-0.15, -0.1) is 11.3 Å². The van der Waals surface area contributed by atoms with Crippen molar-refractivity contribution >= 4 is 28.2 Å². The third-order valence-corrected chi connectivity index (χ3v) is 5.26. The molecule has 0 radical (unpaired) electrons. The fourth-order valence-corrected chi connectivity index (χ4v) is 3.75. The van der Waals surface area contributed by atoms with E-state index in [2.05, 4.69) is 10.3 Å². The van der Waals surface area contributed by atoms with Crippen molar-refractivity contribution in [1.29, 1.82) is 0 Å². The average Bonchev–Trinajstić information content (AvgIpc) is 3.27. The minimum Gasteiger partial charge on any atom is -0.497 e. The number of nitrogens with zero attached hydrogens (tertiary/aromatic N) is 2. The molecule has 9 nitrogen and oxygen atoms in total. The van der Waals surface area contributed by atoms with E-state index in [1.807, 2.05) is 6.07 Å². The monoisotopic (exact) mass is 419 g/mol. The zero-order chi connectivity index (χ0) is 21.1. The van der Waals surface area contributed by atoms with E-state index in [0.717, 1.165) is 5.56 Å². The molecule has 0 aliphatic rings. The van der Waals surface area contributed by atoms with Crippen molar-refractivity contribution in [2.24, 2.45) is 0 Å². The highest BCUT2D eigenvalue weighted by atomic mass is 32.1. The number of hydrogen-bond donors (Lipinski definition) is 3. The highest BCUT2D eigenvalue weighted by Gasteiger charge is 2.25. The zero-order valence-corrected chi connectivity index (χ0v) is 16.9. The molecular weight excluding hydrogens is 398 g/mol. The van der Waals surface area contributed by atoms with Gasteiger partial charge in [0.25, 0.3) is 0 Å². The first-order chi connectivity index (χ1) is 13.8. The summed E-state index contributed by atoms with van der Waals surface area (Å²) in [5.41, 5.74) is 2.05. The Kier molecular flexibility index (Phi) is 6.04. The van der Waals surface area contributed by atoms with Gasteiger partial charge in [0.15, 0.2) is 11.0 Å². The average molecular weight is 419 g/mol. The summed E-state index contributed by atoms with van der Waals surface area (Å²) in [4.78, 5) is 28.7. The maximum Gasteiger partial charge on any atom is 0.328 e. The van der Waals surface area contributed by atoms with Crippen molar-refractivity contribution in [3.8, 4) is 22.8 Å². The molecule has 2 atom stereocenters. The number of aliphatic hydroxyl groups is 1. The maximum absolute atomic E-state index is 12.3. The van der Waals surface area contributed by atoms with Crippen LogP contribution in [-0.2, 0) is 16.0 Å². The minimum absolute atomic E-state index is 0.0540. The first-order valence-corrected chi connectivity index (χ1v) is 9.60. The van der Waals surface area contributed by atoms with Gasteiger partial charge in [0, 0.05) is 22.8 Å². The third kappa shape index (κ3) is 4.33. The number of thiazole rings is 1. The number of imidazole rings is 1. The van der Waals surface area contributed by atoms with E-state index in [9.17, 15) is 14.7 Å². The number of hydrogen-bond acceptors (Lipinski definition) is 7. The molecular formula is C19H21N3O6S. The van der Waals surface area contributed by atoms with Crippen LogP contribution in [0.1, 0.15) is 12.6 Å². The molecule has 3 aromatic rings. The first kappa shape index (κ1) is 20.6. The molecule has 1 amide bonds. The highest BCUT2D eigenvalue weighted by Crippen LogP contribution is 2.34. The molecule has 29 heavy (non-hydrogen) atoms. The van der Waals surface area contributed by atoms with Crippen molar-refractivity contribution in [1.82, 2.24) is 14.7 Å². The van der Waals surface area contributed by atoms with Gasteiger partial charge in [-0.2, -0.15) is 0 Å². The van der Waals surface area contributed by atoms with Crippen molar-refractivity contribution in [2.45, 2.75) is 25.5 Å². The fraction of sp³-hybridized carbons (Fsp3) is 0.316. The molecule has 0 saturated heterocycles. The number of nitrogens with one attached hydrogen (secondary N) is 1. The summed E-state index contributed by atoms with van der Waals surface area (Å²) < 4.78 is 12.5. The molecule has 2 unspecified atom stereocenters. The number of rotatable bonds is 8. The van der Waals surface area contributed by atoms with Gasteiger partial charge in [0.1, 0.15) is 11.5 Å². The molecule has 0 saturated carbocycles. The number of aromatic nitrogens is 2. The molecule has 3 N–H and O–H groups in total. The topological polar surface area (TPSA) is 122 Å². The van der Waals surface area contributed by atoms with Crippen LogP contribution in [0.4, 0.5) is 0 Å². The van der Waals surface area contributed by atoms with Crippen LogP contribution in [-0.4, -0.2) is 57.8 Å². The van der Waals surface area contributed by atoms with E-state index >= 15 is 0 Å². The second-order valence-corrected chi connectivity index (χ2v) is 7.21. The molecule has 1 aromatic carbocycles. The van der Waals surface area contributed by atoms with Crippen molar-refractivity contribution in [2.75, 3.05) is 14.2 Å². The number of methoxy groups -OCH3 is 2. The molecule has 0 bridgehead atoms. The summed E-state index contributed by atoms with van der Waals surface area (Å²) in [6.45, 7) is 1.31. The standard InChI is InChI=1S/C19H21N3O6S/c1-10(23)17(18(25)26)21-16(24)6-11-9-29-19-20-14(8-22(11)19)13-7-12(27-2)4-5-15(13)28-3/h4-5,7-10,17,23H,6H2,1-3H3,(H,21,24)(H,25,26). The van der Waals surface area contributed by atoms with Crippen molar-refractivity contribution in [3.05, 3.63) is 35.5 Å². The number of fused-ring (bicyclic) bond motifs is 1. The van der Waals surface area contributed by atoms with Crippen molar-refractivity contribution in [3.63, 3.8) is 0 Å². The molecule has 3 rings (SSSR count). The quantitative estimate of drug-likeness (QED) is 0.507. The Bertz CT molecular complexity index is 1040. The molecule has 154 valence electrons. The number of aliphatic hydroxyl groups excluding tert-OH is 1. The molecule has 0 aliphatic carbocycles. The summed E-state index contributed by atoms with van der Waals surface area (Å²) in [6, 6.07) is 4.03. The van der Waals surface area contributed by atoms with Gasteiger partial charge in [-0.3, -0.25) is 9.20 Å². The third-order valence-electron chi connectivity index (χ3n) is 4.37. The highest BCUT2D eigenvalue weighted by molar-refractivity contribution is 7.15. The Morgan fingerprint density at radius 1 is 1.31 bits per heavy atom.